The molecule has 0 radical (unpaired) electrons. The molecule has 0 aromatic heterocycles. The molecule has 0 aliphatic heterocycles. The average Bonchev–Trinajstić information content (AvgIpc) is 3.27. The SMILES string of the molecule is CCCOc1cccc(C(=O)NCC(Cl)C2CC2)c1. The standard InChI is InChI=1S/C15H20ClNO2/c1-2-8-19-13-5-3-4-12(9-13)15(18)17-10-14(16)11-6-7-11/h3-5,9,11,14H,2,6-8,10H2,1H3,(H,17,18). The Morgan fingerprint density at radius 1 is 1.53 bits per heavy atom. The zero-order valence-corrected chi connectivity index (χ0v) is 12.0. The topological polar surface area (TPSA) is 38.3 Å². The van der Waals surface area contributed by atoms with E-state index in [0.717, 1.165) is 12.2 Å². The largest absolute Gasteiger partial charge is 0.494 e. The van der Waals surface area contributed by atoms with Crippen molar-refractivity contribution in [3.8, 4) is 5.75 Å². The first kappa shape index (κ1) is 14.2. The van der Waals surface area contributed by atoms with Crippen molar-refractivity contribution in [2.24, 2.45) is 5.92 Å². The van der Waals surface area contributed by atoms with Gasteiger partial charge in [0.2, 0.25) is 0 Å². The maximum Gasteiger partial charge on any atom is 0.251 e. The monoisotopic (exact) mass is 281 g/mol. The summed E-state index contributed by atoms with van der Waals surface area (Å²) in [7, 11) is 0. The summed E-state index contributed by atoms with van der Waals surface area (Å²) in [5, 5.41) is 2.94. The first-order chi connectivity index (χ1) is 9.20. The maximum absolute atomic E-state index is 12.0. The lowest BCUT2D eigenvalue weighted by Crippen LogP contribution is -2.30. The van der Waals surface area contributed by atoms with Crippen LogP contribution in [-0.4, -0.2) is 24.4 Å². The highest BCUT2D eigenvalue weighted by atomic mass is 35.5. The molecule has 4 heteroatoms. The fourth-order valence-electron chi connectivity index (χ4n) is 1.86. The number of amides is 1. The summed E-state index contributed by atoms with van der Waals surface area (Å²) in [4.78, 5) is 12.0. The zero-order chi connectivity index (χ0) is 13.7. The molecule has 1 atom stereocenters. The van der Waals surface area contributed by atoms with Gasteiger partial charge in [0.1, 0.15) is 5.75 Å². The van der Waals surface area contributed by atoms with Crippen LogP contribution in [0.2, 0.25) is 0 Å². The summed E-state index contributed by atoms with van der Waals surface area (Å²) >= 11 is 6.17. The van der Waals surface area contributed by atoms with E-state index >= 15 is 0 Å². The summed E-state index contributed by atoms with van der Waals surface area (Å²) in [5.74, 6) is 1.23. The Bertz CT molecular complexity index is 432. The number of halogens is 1. The van der Waals surface area contributed by atoms with Gasteiger partial charge in [-0.15, -0.1) is 11.6 Å². The van der Waals surface area contributed by atoms with E-state index in [2.05, 4.69) is 12.2 Å². The number of alkyl halides is 1. The lowest BCUT2D eigenvalue weighted by atomic mass is 10.2. The molecule has 1 fully saturated rings. The van der Waals surface area contributed by atoms with Gasteiger partial charge in [0.15, 0.2) is 0 Å². The van der Waals surface area contributed by atoms with Crippen LogP contribution in [0.3, 0.4) is 0 Å². The van der Waals surface area contributed by atoms with E-state index in [1.54, 1.807) is 12.1 Å². The van der Waals surface area contributed by atoms with Crippen LogP contribution in [0.5, 0.6) is 5.75 Å². The van der Waals surface area contributed by atoms with Crippen molar-refractivity contribution in [3.63, 3.8) is 0 Å². The van der Waals surface area contributed by atoms with Crippen molar-refractivity contribution in [1.82, 2.24) is 5.32 Å². The lowest BCUT2D eigenvalue weighted by Gasteiger charge is -2.10. The van der Waals surface area contributed by atoms with Gasteiger partial charge in [0, 0.05) is 12.1 Å². The van der Waals surface area contributed by atoms with Gasteiger partial charge in [-0.2, -0.15) is 0 Å². The second-order valence-corrected chi connectivity index (χ2v) is 5.50. The predicted molar refractivity (Wildman–Crippen MR) is 76.9 cm³/mol. The molecule has 19 heavy (non-hydrogen) atoms. The van der Waals surface area contributed by atoms with Crippen molar-refractivity contribution in [3.05, 3.63) is 29.8 Å². The molecule has 1 aliphatic carbocycles. The maximum atomic E-state index is 12.0. The second-order valence-electron chi connectivity index (χ2n) is 4.94. The molecule has 1 aromatic carbocycles. The number of carbonyl (C=O) groups excluding carboxylic acids is 1. The van der Waals surface area contributed by atoms with E-state index in [9.17, 15) is 4.79 Å². The highest BCUT2D eigenvalue weighted by Gasteiger charge is 2.29. The van der Waals surface area contributed by atoms with Crippen LogP contribution in [0, 0.1) is 5.92 Å². The van der Waals surface area contributed by atoms with E-state index in [1.165, 1.54) is 12.8 Å². The summed E-state index contributed by atoms with van der Waals surface area (Å²) in [5.41, 5.74) is 0.619. The highest BCUT2D eigenvalue weighted by Crippen LogP contribution is 2.35. The van der Waals surface area contributed by atoms with Gasteiger partial charge in [0.05, 0.1) is 12.0 Å². The molecule has 1 aromatic rings. The first-order valence-electron chi connectivity index (χ1n) is 6.86. The Labute approximate surface area is 119 Å². The van der Waals surface area contributed by atoms with Crippen LogP contribution in [0.15, 0.2) is 24.3 Å². The quantitative estimate of drug-likeness (QED) is 0.779. The van der Waals surface area contributed by atoms with Crippen LogP contribution < -0.4 is 10.1 Å². The first-order valence-corrected chi connectivity index (χ1v) is 7.29. The Morgan fingerprint density at radius 3 is 3.00 bits per heavy atom. The third-order valence-corrected chi connectivity index (χ3v) is 3.67. The minimum Gasteiger partial charge on any atom is -0.494 e. The van der Waals surface area contributed by atoms with Crippen molar-refractivity contribution in [2.45, 2.75) is 31.6 Å². The molecule has 2 rings (SSSR count). The number of nitrogens with one attached hydrogen (secondary N) is 1. The summed E-state index contributed by atoms with van der Waals surface area (Å²) in [6, 6.07) is 7.25. The van der Waals surface area contributed by atoms with Gasteiger partial charge < -0.3 is 10.1 Å². The molecule has 1 saturated carbocycles. The third kappa shape index (κ3) is 4.43. The molecule has 1 unspecified atom stereocenters. The summed E-state index contributed by atoms with van der Waals surface area (Å²) in [6.45, 7) is 3.25. The predicted octanol–water partition coefficient (Wildman–Crippen LogP) is 3.22. The molecule has 1 N–H and O–H groups in total. The van der Waals surface area contributed by atoms with Gasteiger partial charge in [-0.1, -0.05) is 13.0 Å². The zero-order valence-electron chi connectivity index (χ0n) is 11.2. The number of hydrogen-bond donors (Lipinski definition) is 1. The molecule has 0 heterocycles. The molecule has 104 valence electrons. The van der Waals surface area contributed by atoms with Crippen molar-refractivity contribution in [2.75, 3.05) is 13.2 Å². The number of carbonyl (C=O) groups is 1. The van der Waals surface area contributed by atoms with Gasteiger partial charge in [0.25, 0.3) is 5.91 Å². The minimum absolute atomic E-state index is 0.0588. The third-order valence-electron chi connectivity index (χ3n) is 3.16. The average molecular weight is 282 g/mol. The van der Waals surface area contributed by atoms with Crippen molar-refractivity contribution < 1.29 is 9.53 Å². The number of benzene rings is 1. The van der Waals surface area contributed by atoms with Crippen LogP contribution in [-0.2, 0) is 0 Å². The number of ether oxygens (including phenoxy) is 1. The summed E-state index contributed by atoms with van der Waals surface area (Å²) in [6.07, 6.45) is 3.32. The van der Waals surface area contributed by atoms with E-state index in [1.807, 2.05) is 12.1 Å². The molecule has 1 aliphatic rings. The lowest BCUT2D eigenvalue weighted by molar-refractivity contribution is 0.0952. The van der Waals surface area contributed by atoms with Crippen LogP contribution >= 0.6 is 11.6 Å². The molecule has 0 saturated heterocycles. The minimum atomic E-state index is -0.0896. The molecular formula is C15H20ClNO2. The van der Waals surface area contributed by atoms with Crippen LogP contribution in [0.4, 0.5) is 0 Å². The number of hydrogen-bond acceptors (Lipinski definition) is 2. The van der Waals surface area contributed by atoms with E-state index in [4.69, 9.17) is 16.3 Å². The number of rotatable bonds is 7. The highest BCUT2D eigenvalue weighted by molar-refractivity contribution is 6.21. The van der Waals surface area contributed by atoms with Crippen molar-refractivity contribution in [1.29, 1.82) is 0 Å². The molecule has 1 amide bonds. The van der Waals surface area contributed by atoms with E-state index in [-0.39, 0.29) is 11.3 Å². The van der Waals surface area contributed by atoms with Crippen LogP contribution in [0.25, 0.3) is 0 Å². The Kier molecular flexibility index (Phi) is 5.08. The van der Waals surface area contributed by atoms with Crippen LogP contribution in [0.1, 0.15) is 36.5 Å². The smallest absolute Gasteiger partial charge is 0.251 e. The normalized spacial score (nSPS) is 15.9. The Hall–Kier alpha value is -1.22. The van der Waals surface area contributed by atoms with Gasteiger partial charge >= 0.3 is 0 Å². The Balaban J connectivity index is 1.86. The van der Waals surface area contributed by atoms with Gasteiger partial charge in [-0.25, -0.2) is 0 Å². The van der Waals surface area contributed by atoms with Gasteiger partial charge in [-0.3, -0.25) is 4.79 Å². The van der Waals surface area contributed by atoms with Gasteiger partial charge in [-0.05, 0) is 43.4 Å². The molecule has 0 bridgehead atoms. The van der Waals surface area contributed by atoms with E-state index in [0.29, 0.717) is 24.6 Å². The van der Waals surface area contributed by atoms with Crippen molar-refractivity contribution >= 4 is 17.5 Å². The fraction of sp³-hybridized carbons (Fsp3) is 0.533. The second kappa shape index (κ2) is 6.80. The molecule has 0 spiro atoms. The Morgan fingerprint density at radius 2 is 2.32 bits per heavy atom. The fourth-order valence-corrected chi connectivity index (χ4v) is 2.19. The molecular weight excluding hydrogens is 262 g/mol. The molecule has 3 nitrogen and oxygen atoms in total. The van der Waals surface area contributed by atoms with E-state index < -0.39 is 0 Å². The summed E-state index contributed by atoms with van der Waals surface area (Å²) < 4.78 is 5.51.